The molecule has 0 aromatic heterocycles. The minimum Gasteiger partial charge on any atom is -0.399 e. The summed E-state index contributed by atoms with van der Waals surface area (Å²) in [5, 5.41) is 0. The van der Waals surface area contributed by atoms with E-state index in [9.17, 15) is 4.79 Å². The highest BCUT2D eigenvalue weighted by Crippen LogP contribution is 2.61. The number of nitrogen functional groups attached to an aromatic ring is 1. The molecule has 4 fully saturated rings. The molecule has 20 heavy (non-hydrogen) atoms. The third-order valence-electron chi connectivity index (χ3n) is 5.93. The predicted molar refractivity (Wildman–Crippen MR) is 80.4 cm³/mol. The van der Waals surface area contributed by atoms with E-state index in [0.29, 0.717) is 11.2 Å². The molecule has 0 atom stereocenters. The monoisotopic (exact) mass is 269 g/mol. The molecule has 1 aromatic carbocycles. The van der Waals surface area contributed by atoms with Crippen LogP contribution in [-0.2, 0) is 0 Å². The molecule has 4 aliphatic carbocycles. The molecular weight excluding hydrogens is 246 g/mol. The van der Waals surface area contributed by atoms with Crippen molar-refractivity contribution in [1.29, 1.82) is 0 Å². The Labute approximate surface area is 120 Å². The first-order valence-corrected chi connectivity index (χ1v) is 8.01. The van der Waals surface area contributed by atoms with Gasteiger partial charge in [-0.1, -0.05) is 0 Å². The number of benzene rings is 1. The lowest BCUT2D eigenvalue weighted by Gasteiger charge is -2.56. The van der Waals surface area contributed by atoms with Crippen LogP contribution in [0.2, 0.25) is 0 Å². The molecule has 4 aliphatic rings. The van der Waals surface area contributed by atoms with Gasteiger partial charge in [0.15, 0.2) is 5.78 Å². The van der Waals surface area contributed by atoms with Crippen LogP contribution in [0.25, 0.3) is 0 Å². The third-order valence-corrected chi connectivity index (χ3v) is 5.93. The van der Waals surface area contributed by atoms with Gasteiger partial charge in [-0.15, -0.1) is 0 Å². The standard InChI is InChI=1S/C18H23NO/c19-16-3-1-15(2-4-16)17(20)11-18-8-12-5-13(9-18)7-14(6-12)10-18/h1-4,12-14H,5-11,19H2. The SMILES string of the molecule is Nc1ccc(C(=O)CC23CC4CC(CC(C4)C2)C3)cc1. The zero-order valence-electron chi connectivity index (χ0n) is 12.0. The maximum absolute atomic E-state index is 12.6. The van der Waals surface area contributed by atoms with E-state index < -0.39 is 0 Å². The second kappa shape index (κ2) is 4.34. The first-order chi connectivity index (χ1) is 9.62. The number of Topliss-reactive ketones (excluding diaryl/α,β-unsaturated/α-hetero) is 1. The van der Waals surface area contributed by atoms with E-state index >= 15 is 0 Å². The molecule has 0 unspecified atom stereocenters. The summed E-state index contributed by atoms with van der Waals surface area (Å²) in [6.45, 7) is 0. The summed E-state index contributed by atoms with van der Waals surface area (Å²) in [6, 6.07) is 7.45. The van der Waals surface area contributed by atoms with Gasteiger partial charge in [0.2, 0.25) is 0 Å². The molecule has 2 N–H and O–H groups in total. The van der Waals surface area contributed by atoms with E-state index in [1.165, 1.54) is 38.5 Å². The Morgan fingerprint density at radius 3 is 2.00 bits per heavy atom. The van der Waals surface area contributed by atoms with Crippen molar-refractivity contribution in [3.05, 3.63) is 29.8 Å². The number of carbonyl (C=O) groups excluding carboxylic acids is 1. The fourth-order valence-electron chi connectivity index (χ4n) is 5.62. The highest BCUT2D eigenvalue weighted by Gasteiger charge is 2.51. The van der Waals surface area contributed by atoms with Gasteiger partial charge in [-0.05, 0) is 86.0 Å². The van der Waals surface area contributed by atoms with Gasteiger partial charge in [-0.2, -0.15) is 0 Å². The van der Waals surface area contributed by atoms with Crippen LogP contribution in [-0.4, -0.2) is 5.78 Å². The number of ketones is 1. The van der Waals surface area contributed by atoms with Crippen molar-refractivity contribution in [2.24, 2.45) is 23.2 Å². The number of hydrogen-bond donors (Lipinski definition) is 1. The molecule has 0 spiro atoms. The van der Waals surface area contributed by atoms with E-state index in [2.05, 4.69) is 0 Å². The second-order valence-corrected chi connectivity index (χ2v) is 7.64. The van der Waals surface area contributed by atoms with E-state index in [-0.39, 0.29) is 0 Å². The van der Waals surface area contributed by atoms with Crippen LogP contribution < -0.4 is 5.73 Å². The van der Waals surface area contributed by atoms with E-state index in [0.717, 1.165) is 35.4 Å². The minimum absolute atomic E-state index is 0.326. The maximum Gasteiger partial charge on any atom is 0.163 e. The molecule has 2 nitrogen and oxygen atoms in total. The minimum atomic E-state index is 0.326. The van der Waals surface area contributed by atoms with Crippen molar-refractivity contribution in [2.45, 2.75) is 44.9 Å². The molecule has 0 radical (unpaired) electrons. The fraction of sp³-hybridized carbons (Fsp3) is 0.611. The number of nitrogens with two attached hydrogens (primary N) is 1. The van der Waals surface area contributed by atoms with Crippen molar-refractivity contribution >= 4 is 11.5 Å². The summed E-state index contributed by atoms with van der Waals surface area (Å²) in [6.07, 6.45) is 9.00. The molecule has 0 amide bonds. The third kappa shape index (κ3) is 2.06. The average molecular weight is 269 g/mol. The molecule has 2 heteroatoms. The van der Waals surface area contributed by atoms with Crippen LogP contribution in [0.1, 0.15) is 55.3 Å². The van der Waals surface area contributed by atoms with Crippen LogP contribution >= 0.6 is 0 Å². The van der Waals surface area contributed by atoms with Gasteiger partial charge < -0.3 is 5.73 Å². The van der Waals surface area contributed by atoms with Gasteiger partial charge in [-0.3, -0.25) is 4.79 Å². The van der Waals surface area contributed by atoms with Crippen LogP contribution in [0.4, 0.5) is 5.69 Å². The van der Waals surface area contributed by atoms with Crippen molar-refractivity contribution in [2.75, 3.05) is 5.73 Å². The molecule has 5 rings (SSSR count). The zero-order chi connectivity index (χ0) is 13.7. The number of anilines is 1. The molecule has 4 saturated carbocycles. The van der Waals surface area contributed by atoms with E-state index in [1.54, 1.807) is 0 Å². The average Bonchev–Trinajstić information content (AvgIpc) is 2.37. The number of carbonyl (C=O) groups is 1. The van der Waals surface area contributed by atoms with Gasteiger partial charge in [0.25, 0.3) is 0 Å². The Morgan fingerprint density at radius 1 is 1.00 bits per heavy atom. The normalized spacial score (nSPS) is 38.1. The summed E-state index contributed by atoms with van der Waals surface area (Å²) in [5.74, 6) is 3.08. The van der Waals surface area contributed by atoms with Crippen molar-refractivity contribution < 1.29 is 4.79 Å². The van der Waals surface area contributed by atoms with Crippen LogP contribution in [0.3, 0.4) is 0 Å². The van der Waals surface area contributed by atoms with Gasteiger partial charge >= 0.3 is 0 Å². The summed E-state index contributed by atoms with van der Waals surface area (Å²) >= 11 is 0. The lowest BCUT2D eigenvalue weighted by molar-refractivity contribution is -0.0524. The molecule has 1 aromatic rings. The van der Waals surface area contributed by atoms with E-state index in [4.69, 9.17) is 5.73 Å². The van der Waals surface area contributed by atoms with Crippen LogP contribution in [0, 0.1) is 23.2 Å². The number of hydrogen-bond acceptors (Lipinski definition) is 2. The summed E-state index contributed by atoms with van der Waals surface area (Å²) in [5.41, 5.74) is 7.62. The zero-order valence-corrected chi connectivity index (χ0v) is 12.0. The molecular formula is C18H23NO. The van der Waals surface area contributed by atoms with Crippen molar-refractivity contribution in [3.63, 3.8) is 0 Å². The van der Waals surface area contributed by atoms with Crippen molar-refractivity contribution in [3.8, 4) is 0 Å². The summed E-state index contributed by atoms with van der Waals surface area (Å²) in [4.78, 5) is 12.6. The Bertz CT molecular complexity index is 496. The van der Waals surface area contributed by atoms with Gasteiger partial charge in [0.05, 0.1) is 0 Å². The number of rotatable bonds is 3. The maximum atomic E-state index is 12.6. The Hall–Kier alpha value is -1.31. The fourth-order valence-corrected chi connectivity index (χ4v) is 5.62. The van der Waals surface area contributed by atoms with E-state index in [1.807, 2.05) is 24.3 Å². The largest absolute Gasteiger partial charge is 0.399 e. The quantitative estimate of drug-likeness (QED) is 0.664. The Morgan fingerprint density at radius 2 is 1.50 bits per heavy atom. The predicted octanol–water partition coefficient (Wildman–Crippen LogP) is 4.06. The molecule has 4 bridgehead atoms. The summed E-state index contributed by atoms with van der Waals surface area (Å²) in [7, 11) is 0. The smallest absolute Gasteiger partial charge is 0.163 e. The first kappa shape index (κ1) is 12.4. The molecule has 0 heterocycles. The highest BCUT2D eigenvalue weighted by atomic mass is 16.1. The van der Waals surface area contributed by atoms with Gasteiger partial charge in [-0.25, -0.2) is 0 Å². The first-order valence-electron chi connectivity index (χ1n) is 8.01. The Balaban J connectivity index is 1.53. The molecule has 0 saturated heterocycles. The lowest BCUT2D eigenvalue weighted by atomic mass is 9.48. The molecule has 0 aliphatic heterocycles. The van der Waals surface area contributed by atoms with Crippen LogP contribution in [0.5, 0.6) is 0 Å². The Kier molecular flexibility index (Phi) is 2.70. The van der Waals surface area contributed by atoms with Crippen LogP contribution in [0.15, 0.2) is 24.3 Å². The van der Waals surface area contributed by atoms with Crippen molar-refractivity contribution in [1.82, 2.24) is 0 Å². The molecule has 106 valence electrons. The second-order valence-electron chi connectivity index (χ2n) is 7.64. The lowest BCUT2D eigenvalue weighted by Crippen LogP contribution is -2.46. The summed E-state index contributed by atoms with van der Waals surface area (Å²) < 4.78 is 0. The van der Waals surface area contributed by atoms with Gasteiger partial charge in [0, 0.05) is 17.7 Å². The highest BCUT2D eigenvalue weighted by molar-refractivity contribution is 5.96. The topological polar surface area (TPSA) is 43.1 Å². The van der Waals surface area contributed by atoms with Gasteiger partial charge in [0.1, 0.15) is 0 Å².